The Morgan fingerprint density at radius 3 is 2.68 bits per heavy atom. The van der Waals surface area contributed by atoms with Crippen LogP contribution >= 0.6 is 23.1 Å². The second-order valence-electron chi connectivity index (χ2n) is 4.35. The molecular weight excluding hydrogens is 276 g/mol. The molecule has 2 aromatic heterocycles. The van der Waals surface area contributed by atoms with E-state index in [4.69, 9.17) is 0 Å². The zero-order valence-electron chi connectivity index (χ0n) is 11.5. The second-order valence-corrected chi connectivity index (χ2v) is 6.48. The molecule has 0 aliphatic rings. The molecule has 0 amide bonds. The standard InChI is InChI=1S/C13H18N4S2/c1-4-12-15-16-13(19-12)9-18-8-10-5-6-14-11(7-10)17(2)3/h5-7H,4,8-9H2,1-3H3. The van der Waals surface area contributed by atoms with Crippen molar-refractivity contribution in [2.24, 2.45) is 0 Å². The highest BCUT2D eigenvalue weighted by Crippen LogP contribution is 2.21. The first-order valence-corrected chi connectivity index (χ1v) is 8.17. The number of pyridine rings is 1. The number of aromatic nitrogens is 3. The van der Waals surface area contributed by atoms with E-state index in [0.29, 0.717) is 0 Å². The first-order chi connectivity index (χ1) is 9.19. The van der Waals surface area contributed by atoms with Gasteiger partial charge in [0.2, 0.25) is 0 Å². The number of hydrogen-bond donors (Lipinski definition) is 0. The van der Waals surface area contributed by atoms with Gasteiger partial charge in [-0.05, 0) is 24.1 Å². The number of anilines is 1. The van der Waals surface area contributed by atoms with Crippen molar-refractivity contribution >= 4 is 28.9 Å². The maximum atomic E-state index is 4.32. The Morgan fingerprint density at radius 1 is 1.21 bits per heavy atom. The van der Waals surface area contributed by atoms with Gasteiger partial charge < -0.3 is 4.90 Å². The van der Waals surface area contributed by atoms with Crippen molar-refractivity contribution in [1.82, 2.24) is 15.2 Å². The smallest absolute Gasteiger partial charge is 0.128 e. The largest absolute Gasteiger partial charge is 0.363 e. The molecule has 0 atom stereocenters. The highest BCUT2D eigenvalue weighted by atomic mass is 32.2. The van der Waals surface area contributed by atoms with Gasteiger partial charge in [0.05, 0.1) is 0 Å². The van der Waals surface area contributed by atoms with Crippen LogP contribution in [0.5, 0.6) is 0 Å². The maximum Gasteiger partial charge on any atom is 0.128 e. The molecule has 0 saturated heterocycles. The van der Waals surface area contributed by atoms with Crippen molar-refractivity contribution in [2.45, 2.75) is 24.9 Å². The van der Waals surface area contributed by atoms with Crippen LogP contribution in [0, 0.1) is 0 Å². The van der Waals surface area contributed by atoms with Crippen LogP contribution in [0.3, 0.4) is 0 Å². The number of hydrogen-bond acceptors (Lipinski definition) is 6. The SMILES string of the molecule is CCc1nnc(CSCc2ccnc(N(C)C)c2)s1. The number of nitrogens with zero attached hydrogens (tertiary/aromatic N) is 4. The molecule has 0 aliphatic heterocycles. The van der Waals surface area contributed by atoms with Gasteiger partial charge in [0.25, 0.3) is 0 Å². The van der Waals surface area contributed by atoms with Crippen molar-refractivity contribution in [3.05, 3.63) is 33.9 Å². The number of thioether (sulfide) groups is 1. The van der Waals surface area contributed by atoms with Crippen molar-refractivity contribution in [2.75, 3.05) is 19.0 Å². The molecule has 0 aromatic carbocycles. The minimum Gasteiger partial charge on any atom is -0.363 e. The summed E-state index contributed by atoms with van der Waals surface area (Å²) < 4.78 is 0. The van der Waals surface area contributed by atoms with E-state index >= 15 is 0 Å². The monoisotopic (exact) mass is 294 g/mol. The van der Waals surface area contributed by atoms with Crippen LogP contribution in [-0.4, -0.2) is 29.3 Å². The van der Waals surface area contributed by atoms with E-state index in [1.165, 1.54) is 5.56 Å². The van der Waals surface area contributed by atoms with E-state index in [9.17, 15) is 0 Å². The molecule has 2 aromatic rings. The molecule has 2 rings (SSSR count). The van der Waals surface area contributed by atoms with Crippen LogP contribution in [0.15, 0.2) is 18.3 Å². The number of aryl methyl sites for hydroxylation is 1. The van der Waals surface area contributed by atoms with Gasteiger partial charge in [0.15, 0.2) is 0 Å². The Bertz CT molecular complexity index is 525. The molecule has 4 nitrogen and oxygen atoms in total. The van der Waals surface area contributed by atoms with Crippen LogP contribution in [0.2, 0.25) is 0 Å². The van der Waals surface area contributed by atoms with Gasteiger partial charge in [-0.1, -0.05) is 6.92 Å². The Balaban J connectivity index is 1.86. The normalized spacial score (nSPS) is 10.7. The molecule has 6 heteroatoms. The summed E-state index contributed by atoms with van der Waals surface area (Å²) in [7, 11) is 4.01. The lowest BCUT2D eigenvalue weighted by Crippen LogP contribution is -2.10. The van der Waals surface area contributed by atoms with E-state index in [-0.39, 0.29) is 0 Å². The molecule has 19 heavy (non-hydrogen) atoms. The predicted molar refractivity (Wildman–Crippen MR) is 82.9 cm³/mol. The van der Waals surface area contributed by atoms with Crippen molar-refractivity contribution in [1.29, 1.82) is 0 Å². The molecule has 0 bridgehead atoms. The van der Waals surface area contributed by atoms with Gasteiger partial charge in [-0.2, -0.15) is 0 Å². The van der Waals surface area contributed by atoms with E-state index in [1.54, 1.807) is 11.3 Å². The molecular formula is C13H18N4S2. The van der Waals surface area contributed by atoms with Gasteiger partial charge in [0, 0.05) is 31.8 Å². The minimum atomic E-state index is 0.928. The van der Waals surface area contributed by atoms with Crippen molar-refractivity contribution in [3.8, 4) is 0 Å². The van der Waals surface area contributed by atoms with Crippen molar-refractivity contribution < 1.29 is 0 Å². The third-order valence-corrected chi connectivity index (χ3v) is 4.84. The fraction of sp³-hybridized carbons (Fsp3) is 0.462. The Labute approximate surface area is 122 Å². The van der Waals surface area contributed by atoms with E-state index in [2.05, 4.69) is 34.2 Å². The van der Waals surface area contributed by atoms with Gasteiger partial charge in [-0.25, -0.2) is 4.98 Å². The van der Waals surface area contributed by atoms with Crippen LogP contribution < -0.4 is 4.90 Å². The molecule has 0 fully saturated rings. The Kier molecular flexibility index (Phi) is 5.15. The molecule has 102 valence electrons. The zero-order chi connectivity index (χ0) is 13.7. The number of rotatable bonds is 6. The summed E-state index contributed by atoms with van der Waals surface area (Å²) in [6, 6.07) is 4.20. The van der Waals surface area contributed by atoms with E-state index < -0.39 is 0 Å². The molecule has 0 aliphatic carbocycles. The molecule has 0 spiro atoms. The van der Waals surface area contributed by atoms with Crippen LogP contribution in [0.4, 0.5) is 5.82 Å². The molecule has 0 radical (unpaired) electrons. The lowest BCUT2D eigenvalue weighted by atomic mass is 10.3. The minimum absolute atomic E-state index is 0.928. The molecule has 0 N–H and O–H groups in total. The summed E-state index contributed by atoms with van der Waals surface area (Å²) in [6.45, 7) is 2.11. The third kappa shape index (κ3) is 4.18. The fourth-order valence-corrected chi connectivity index (χ4v) is 3.36. The average Bonchev–Trinajstić information content (AvgIpc) is 2.87. The lowest BCUT2D eigenvalue weighted by molar-refractivity contribution is 0.962. The van der Waals surface area contributed by atoms with Gasteiger partial charge >= 0.3 is 0 Å². The Hall–Kier alpha value is -1.14. The molecule has 0 unspecified atom stereocenters. The van der Waals surface area contributed by atoms with E-state index in [1.807, 2.05) is 37.0 Å². The quantitative estimate of drug-likeness (QED) is 0.819. The average molecular weight is 294 g/mol. The summed E-state index contributed by atoms with van der Waals surface area (Å²) in [5, 5.41) is 10.6. The summed E-state index contributed by atoms with van der Waals surface area (Å²) in [5.74, 6) is 2.91. The first kappa shape index (κ1) is 14.3. The summed E-state index contributed by atoms with van der Waals surface area (Å²) >= 11 is 3.58. The predicted octanol–water partition coefficient (Wildman–Crippen LogP) is 2.99. The van der Waals surface area contributed by atoms with Crippen LogP contribution in [0.1, 0.15) is 22.5 Å². The highest BCUT2D eigenvalue weighted by Gasteiger charge is 2.04. The molecule has 2 heterocycles. The van der Waals surface area contributed by atoms with Gasteiger partial charge in [-0.3, -0.25) is 0 Å². The third-order valence-electron chi connectivity index (χ3n) is 2.57. The van der Waals surface area contributed by atoms with Gasteiger partial charge in [0.1, 0.15) is 15.8 Å². The maximum absolute atomic E-state index is 4.32. The van der Waals surface area contributed by atoms with Crippen LogP contribution in [0.25, 0.3) is 0 Å². The summed E-state index contributed by atoms with van der Waals surface area (Å²) in [6.07, 6.45) is 2.84. The topological polar surface area (TPSA) is 41.9 Å². The summed E-state index contributed by atoms with van der Waals surface area (Å²) in [4.78, 5) is 6.34. The second kappa shape index (κ2) is 6.86. The first-order valence-electron chi connectivity index (χ1n) is 6.20. The van der Waals surface area contributed by atoms with Gasteiger partial charge in [-0.15, -0.1) is 33.3 Å². The van der Waals surface area contributed by atoms with Crippen LogP contribution in [-0.2, 0) is 17.9 Å². The lowest BCUT2D eigenvalue weighted by Gasteiger charge is -2.11. The Morgan fingerprint density at radius 2 is 2.00 bits per heavy atom. The highest BCUT2D eigenvalue weighted by molar-refractivity contribution is 7.97. The fourth-order valence-electron chi connectivity index (χ4n) is 1.54. The van der Waals surface area contributed by atoms with Crippen molar-refractivity contribution in [3.63, 3.8) is 0 Å². The van der Waals surface area contributed by atoms with E-state index in [0.717, 1.165) is 33.8 Å². The molecule has 0 saturated carbocycles. The summed E-state index contributed by atoms with van der Waals surface area (Å²) in [5.41, 5.74) is 1.30. The zero-order valence-corrected chi connectivity index (χ0v) is 13.1.